The summed E-state index contributed by atoms with van der Waals surface area (Å²) in [4.78, 5) is 0. The molecule has 0 unspecified atom stereocenters. The number of hydrogen-bond donors (Lipinski definition) is 1. The van der Waals surface area contributed by atoms with Gasteiger partial charge in [-0.05, 0) is 46.6 Å². The molecule has 0 radical (unpaired) electrons. The number of phenols is 1. The molecule has 1 aromatic rings. The van der Waals surface area contributed by atoms with Crippen LogP contribution in [0, 0.1) is 0 Å². The van der Waals surface area contributed by atoms with Crippen LogP contribution in [0.1, 0.15) is 12.5 Å². The van der Waals surface area contributed by atoms with E-state index in [0.717, 1.165) is 5.41 Å². The van der Waals surface area contributed by atoms with Crippen molar-refractivity contribution in [3.8, 4) is 5.75 Å². The molecule has 0 atom stereocenters. The van der Waals surface area contributed by atoms with Gasteiger partial charge in [-0.25, -0.2) is 0 Å². The molecular weight excluding hydrogens is 296 g/mol. The van der Waals surface area contributed by atoms with Gasteiger partial charge in [-0.1, -0.05) is 6.07 Å². The lowest BCUT2D eigenvalue weighted by molar-refractivity contribution is 0.345. The first-order chi connectivity index (χ1) is 7.44. The number of hydrogen-bond acceptors (Lipinski definition) is 4. The summed E-state index contributed by atoms with van der Waals surface area (Å²) in [5.41, 5.74) is 0.646. The van der Waals surface area contributed by atoms with Gasteiger partial charge in [0, 0.05) is 0 Å². The summed E-state index contributed by atoms with van der Waals surface area (Å²) in [5.74, 6) is 0.102. The average molecular weight is 307 g/mol. The van der Waals surface area contributed by atoms with Crippen LogP contribution in [-0.4, -0.2) is 20.1 Å². The Hall–Kier alpha value is -0.850. The number of benzene rings is 1. The first kappa shape index (κ1) is 13.2. The summed E-state index contributed by atoms with van der Waals surface area (Å²) >= 11 is 3.13. The first-order valence-electron chi connectivity index (χ1n) is 4.50. The Balaban J connectivity index is 2.89. The molecule has 6 heteroatoms. The number of aromatic hydroxyl groups is 1. The van der Waals surface area contributed by atoms with E-state index in [1.807, 2.05) is 0 Å². The molecule has 4 nitrogen and oxygen atoms in total. The predicted molar refractivity (Wildman–Crippen MR) is 65.4 cm³/mol. The summed E-state index contributed by atoms with van der Waals surface area (Å²) in [7, 11) is -3.61. The summed E-state index contributed by atoms with van der Waals surface area (Å²) in [6.45, 7) is 1.70. The van der Waals surface area contributed by atoms with E-state index in [-0.39, 0.29) is 12.4 Å². The van der Waals surface area contributed by atoms with Crippen molar-refractivity contribution in [2.45, 2.75) is 6.92 Å². The fraction of sp³-hybridized carbons (Fsp3) is 0.200. The average Bonchev–Trinajstić information content (AvgIpc) is 2.20. The van der Waals surface area contributed by atoms with Gasteiger partial charge in [0.2, 0.25) is 0 Å². The Bertz CT molecular complexity index is 494. The predicted octanol–water partition coefficient (Wildman–Crippen LogP) is 2.49. The van der Waals surface area contributed by atoms with Gasteiger partial charge in [0.15, 0.2) is 0 Å². The van der Waals surface area contributed by atoms with Crippen LogP contribution in [0.2, 0.25) is 0 Å². The fourth-order valence-corrected chi connectivity index (χ4v) is 2.12. The van der Waals surface area contributed by atoms with Crippen molar-refractivity contribution in [1.82, 2.24) is 0 Å². The lowest BCUT2D eigenvalue weighted by Crippen LogP contribution is -2.00. The van der Waals surface area contributed by atoms with Crippen molar-refractivity contribution in [2.24, 2.45) is 0 Å². The third-order valence-corrected chi connectivity index (χ3v) is 3.35. The summed E-state index contributed by atoms with van der Waals surface area (Å²) in [5, 5.41) is 10.2. The van der Waals surface area contributed by atoms with Crippen molar-refractivity contribution >= 4 is 32.1 Å². The van der Waals surface area contributed by atoms with Crippen LogP contribution in [0.3, 0.4) is 0 Å². The van der Waals surface area contributed by atoms with E-state index in [9.17, 15) is 13.5 Å². The van der Waals surface area contributed by atoms with E-state index in [1.165, 1.54) is 12.1 Å². The fourth-order valence-electron chi connectivity index (χ4n) is 0.992. The summed E-state index contributed by atoms with van der Waals surface area (Å²) in [6, 6.07) is 4.67. The van der Waals surface area contributed by atoms with E-state index in [0.29, 0.717) is 10.0 Å². The van der Waals surface area contributed by atoms with Gasteiger partial charge in [-0.15, -0.1) is 0 Å². The maximum absolute atomic E-state index is 11.2. The van der Waals surface area contributed by atoms with E-state index >= 15 is 0 Å². The lowest BCUT2D eigenvalue weighted by Gasteiger charge is -1.99. The lowest BCUT2D eigenvalue weighted by atomic mass is 10.2. The highest BCUT2D eigenvalue weighted by atomic mass is 79.9. The number of halogens is 1. The van der Waals surface area contributed by atoms with E-state index < -0.39 is 10.1 Å². The zero-order chi connectivity index (χ0) is 12.2. The molecule has 0 saturated heterocycles. The van der Waals surface area contributed by atoms with Gasteiger partial charge in [-0.2, -0.15) is 8.42 Å². The van der Waals surface area contributed by atoms with Crippen molar-refractivity contribution in [1.29, 1.82) is 0 Å². The van der Waals surface area contributed by atoms with Gasteiger partial charge < -0.3 is 5.11 Å². The van der Waals surface area contributed by atoms with Crippen LogP contribution < -0.4 is 0 Å². The molecular formula is C10H11BrO4S. The van der Waals surface area contributed by atoms with Crippen LogP contribution in [0.25, 0.3) is 6.08 Å². The van der Waals surface area contributed by atoms with Gasteiger partial charge in [0.1, 0.15) is 5.75 Å². The third kappa shape index (κ3) is 3.96. The first-order valence-corrected chi connectivity index (χ1v) is 6.77. The molecule has 0 bridgehead atoms. The molecule has 0 aromatic heterocycles. The maximum atomic E-state index is 11.2. The van der Waals surface area contributed by atoms with E-state index in [2.05, 4.69) is 20.1 Å². The van der Waals surface area contributed by atoms with Crippen LogP contribution in [0.5, 0.6) is 5.75 Å². The quantitative estimate of drug-likeness (QED) is 0.868. The molecule has 0 fully saturated rings. The second-order valence-corrected chi connectivity index (χ2v) is 5.26. The van der Waals surface area contributed by atoms with E-state index in [1.54, 1.807) is 19.1 Å². The highest BCUT2D eigenvalue weighted by Crippen LogP contribution is 2.24. The Morgan fingerprint density at radius 2 is 2.19 bits per heavy atom. The van der Waals surface area contributed by atoms with Crippen LogP contribution in [0.15, 0.2) is 28.1 Å². The van der Waals surface area contributed by atoms with E-state index in [4.69, 9.17) is 0 Å². The highest BCUT2D eigenvalue weighted by Gasteiger charge is 2.04. The van der Waals surface area contributed by atoms with Gasteiger partial charge in [0.25, 0.3) is 10.1 Å². The highest BCUT2D eigenvalue weighted by molar-refractivity contribution is 9.10. The standard InChI is InChI=1S/C10H11BrO4S/c1-2-15-16(13,14)6-5-8-3-4-10(12)9(11)7-8/h3-7,12H,2H2,1H3/b6-5+. The topological polar surface area (TPSA) is 63.6 Å². The summed E-state index contributed by atoms with van der Waals surface area (Å²) in [6.07, 6.45) is 1.40. The van der Waals surface area contributed by atoms with Crippen molar-refractivity contribution < 1.29 is 17.7 Å². The zero-order valence-corrected chi connectivity index (χ0v) is 11.0. The largest absolute Gasteiger partial charge is 0.507 e. The minimum atomic E-state index is -3.61. The molecule has 88 valence electrons. The maximum Gasteiger partial charge on any atom is 0.290 e. The van der Waals surface area contributed by atoms with Crippen molar-refractivity contribution in [3.63, 3.8) is 0 Å². The minimum absolute atomic E-state index is 0.102. The molecule has 16 heavy (non-hydrogen) atoms. The minimum Gasteiger partial charge on any atom is -0.507 e. The molecule has 0 heterocycles. The molecule has 0 aliphatic rings. The smallest absolute Gasteiger partial charge is 0.290 e. The van der Waals surface area contributed by atoms with Crippen molar-refractivity contribution in [3.05, 3.63) is 33.6 Å². The monoisotopic (exact) mass is 306 g/mol. The SMILES string of the molecule is CCOS(=O)(=O)/C=C/c1ccc(O)c(Br)c1. The zero-order valence-electron chi connectivity index (χ0n) is 8.55. The molecule has 0 aliphatic heterocycles. The molecule has 0 amide bonds. The molecule has 0 saturated carbocycles. The Morgan fingerprint density at radius 3 is 2.75 bits per heavy atom. The number of rotatable bonds is 4. The third-order valence-electron chi connectivity index (χ3n) is 1.68. The van der Waals surface area contributed by atoms with Crippen LogP contribution in [-0.2, 0) is 14.3 Å². The normalized spacial score (nSPS) is 12.1. The Kier molecular flexibility index (Phi) is 4.52. The van der Waals surface area contributed by atoms with Gasteiger partial charge in [-0.3, -0.25) is 4.18 Å². The molecule has 1 N–H and O–H groups in total. The summed E-state index contributed by atoms with van der Waals surface area (Å²) < 4.78 is 27.4. The molecule has 1 rings (SSSR count). The van der Waals surface area contributed by atoms with Gasteiger partial charge in [0.05, 0.1) is 16.5 Å². The van der Waals surface area contributed by atoms with Gasteiger partial charge >= 0.3 is 0 Å². The molecule has 1 aromatic carbocycles. The van der Waals surface area contributed by atoms with Crippen LogP contribution in [0.4, 0.5) is 0 Å². The van der Waals surface area contributed by atoms with Crippen LogP contribution >= 0.6 is 15.9 Å². The number of phenolic OH excluding ortho intramolecular Hbond substituents is 1. The van der Waals surface area contributed by atoms with Crippen molar-refractivity contribution in [2.75, 3.05) is 6.61 Å². The molecule has 0 spiro atoms. The molecule has 0 aliphatic carbocycles. The second kappa shape index (κ2) is 5.47. The Morgan fingerprint density at radius 1 is 1.50 bits per heavy atom. The second-order valence-electron chi connectivity index (χ2n) is 2.91. The Labute approximate surface area is 103 Å².